The van der Waals surface area contributed by atoms with Crippen LogP contribution in [0.25, 0.3) is 33.5 Å². The molecule has 0 aliphatic rings. The highest BCUT2D eigenvalue weighted by Gasteiger charge is 2.04. The second-order valence-electron chi connectivity index (χ2n) is 5.75. The van der Waals surface area contributed by atoms with Crippen molar-refractivity contribution in [2.24, 2.45) is 0 Å². The Morgan fingerprint density at radius 2 is 1.12 bits per heavy atom. The van der Waals surface area contributed by atoms with Gasteiger partial charge in [0.2, 0.25) is 0 Å². The SMILES string of the molecule is Clc1cc(-c2cccc(-c3ccc(-c4ccccc4)cc3)c2)ncn1. The second-order valence-corrected chi connectivity index (χ2v) is 6.14. The Labute approximate surface area is 151 Å². The van der Waals surface area contributed by atoms with E-state index < -0.39 is 0 Å². The molecular formula is C22H15ClN2. The molecule has 0 atom stereocenters. The topological polar surface area (TPSA) is 25.8 Å². The van der Waals surface area contributed by atoms with Crippen molar-refractivity contribution in [3.8, 4) is 33.5 Å². The lowest BCUT2D eigenvalue weighted by molar-refractivity contribution is 1.17. The summed E-state index contributed by atoms with van der Waals surface area (Å²) in [7, 11) is 0. The highest BCUT2D eigenvalue weighted by Crippen LogP contribution is 2.28. The van der Waals surface area contributed by atoms with E-state index in [2.05, 4.69) is 70.6 Å². The molecule has 0 saturated heterocycles. The molecule has 0 radical (unpaired) electrons. The van der Waals surface area contributed by atoms with Crippen molar-refractivity contribution in [3.05, 3.63) is 96.4 Å². The summed E-state index contributed by atoms with van der Waals surface area (Å²) in [6.07, 6.45) is 1.49. The van der Waals surface area contributed by atoms with E-state index in [1.165, 1.54) is 23.0 Å². The zero-order valence-electron chi connectivity index (χ0n) is 13.4. The number of rotatable bonds is 3. The minimum atomic E-state index is 0.447. The van der Waals surface area contributed by atoms with Crippen LogP contribution in [0.2, 0.25) is 5.15 Å². The number of halogens is 1. The van der Waals surface area contributed by atoms with Gasteiger partial charge in [0, 0.05) is 11.6 Å². The van der Waals surface area contributed by atoms with E-state index in [1.54, 1.807) is 6.07 Å². The fourth-order valence-electron chi connectivity index (χ4n) is 2.84. The van der Waals surface area contributed by atoms with Crippen LogP contribution in [0.4, 0.5) is 0 Å². The summed E-state index contributed by atoms with van der Waals surface area (Å²) in [5.74, 6) is 0. The molecule has 3 aromatic carbocycles. The lowest BCUT2D eigenvalue weighted by Crippen LogP contribution is -1.87. The summed E-state index contributed by atoms with van der Waals surface area (Å²) in [4.78, 5) is 8.24. The van der Waals surface area contributed by atoms with Crippen LogP contribution in [-0.2, 0) is 0 Å². The molecule has 0 N–H and O–H groups in total. The average Bonchev–Trinajstić information content (AvgIpc) is 2.69. The second kappa shape index (κ2) is 6.88. The standard InChI is InChI=1S/C22H15ClN2/c23-22-14-21(24-15-25-22)20-8-4-7-19(13-20)18-11-9-17(10-12-18)16-5-2-1-3-6-16/h1-15H. The Hall–Kier alpha value is -2.97. The highest BCUT2D eigenvalue weighted by molar-refractivity contribution is 6.29. The van der Waals surface area contributed by atoms with Crippen molar-refractivity contribution < 1.29 is 0 Å². The molecule has 120 valence electrons. The van der Waals surface area contributed by atoms with Crippen molar-refractivity contribution in [2.75, 3.05) is 0 Å². The van der Waals surface area contributed by atoms with Gasteiger partial charge >= 0.3 is 0 Å². The van der Waals surface area contributed by atoms with Gasteiger partial charge in [-0.1, -0.05) is 84.4 Å². The van der Waals surface area contributed by atoms with Crippen molar-refractivity contribution in [3.63, 3.8) is 0 Å². The molecule has 1 aromatic heterocycles. The molecule has 0 amide bonds. The summed E-state index contributed by atoms with van der Waals surface area (Å²) in [6, 6.07) is 29.0. The van der Waals surface area contributed by atoms with Gasteiger partial charge in [-0.3, -0.25) is 0 Å². The van der Waals surface area contributed by atoms with E-state index in [1.807, 2.05) is 18.2 Å². The maximum absolute atomic E-state index is 5.98. The number of hydrogen-bond acceptors (Lipinski definition) is 2. The van der Waals surface area contributed by atoms with Crippen LogP contribution in [0.3, 0.4) is 0 Å². The first-order chi connectivity index (χ1) is 12.3. The van der Waals surface area contributed by atoms with Gasteiger partial charge in [-0.2, -0.15) is 0 Å². The zero-order valence-corrected chi connectivity index (χ0v) is 14.2. The number of benzene rings is 3. The van der Waals surface area contributed by atoms with Crippen molar-refractivity contribution >= 4 is 11.6 Å². The van der Waals surface area contributed by atoms with E-state index in [9.17, 15) is 0 Å². The molecule has 0 saturated carbocycles. The molecule has 0 fully saturated rings. The van der Waals surface area contributed by atoms with Crippen molar-refractivity contribution in [2.45, 2.75) is 0 Å². The lowest BCUT2D eigenvalue weighted by Gasteiger charge is -2.07. The first-order valence-electron chi connectivity index (χ1n) is 8.03. The summed E-state index contributed by atoms with van der Waals surface area (Å²) in [5.41, 5.74) is 6.59. The van der Waals surface area contributed by atoms with Crippen molar-refractivity contribution in [1.29, 1.82) is 0 Å². The van der Waals surface area contributed by atoms with E-state index in [0.717, 1.165) is 16.8 Å². The van der Waals surface area contributed by atoms with Crippen LogP contribution in [-0.4, -0.2) is 9.97 Å². The molecule has 0 spiro atoms. The van der Waals surface area contributed by atoms with Gasteiger partial charge in [-0.25, -0.2) is 9.97 Å². The van der Waals surface area contributed by atoms with E-state index >= 15 is 0 Å². The normalized spacial score (nSPS) is 10.6. The predicted molar refractivity (Wildman–Crippen MR) is 103 cm³/mol. The van der Waals surface area contributed by atoms with Gasteiger partial charge in [0.1, 0.15) is 11.5 Å². The van der Waals surface area contributed by atoms with Crippen LogP contribution in [0.15, 0.2) is 91.3 Å². The highest BCUT2D eigenvalue weighted by atomic mass is 35.5. The molecule has 3 heteroatoms. The van der Waals surface area contributed by atoms with Crippen molar-refractivity contribution in [1.82, 2.24) is 9.97 Å². The Morgan fingerprint density at radius 1 is 0.520 bits per heavy atom. The quantitative estimate of drug-likeness (QED) is 0.418. The first kappa shape index (κ1) is 15.6. The number of hydrogen-bond donors (Lipinski definition) is 0. The number of nitrogens with zero attached hydrogens (tertiary/aromatic N) is 2. The molecule has 1 heterocycles. The lowest BCUT2D eigenvalue weighted by atomic mass is 9.98. The molecular weight excluding hydrogens is 328 g/mol. The summed E-state index contributed by atoms with van der Waals surface area (Å²) < 4.78 is 0. The molecule has 4 rings (SSSR count). The Morgan fingerprint density at radius 3 is 1.84 bits per heavy atom. The van der Waals surface area contributed by atoms with Crippen LogP contribution < -0.4 is 0 Å². The monoisotopic (exact) mass is 342 g/mol. The summed E-state index contributed by atoms with van der Waals surface area (Å²) >= 11 is 5.98. The molecule has 0 bridgehead atoms. The van der Waals surface area contributed by atoms with Gasteiger partial charge in [-0.05, 0) is 28.3 Å². The number of aromatic nitrogens is 2. The fourth-order valence-corrected chi connectivity index (χ4v) is 2.98. The van der Waals surface area contributed by atoms with Crippen LogP contribution in [0.1, 0.15) is 0 Å². The molecule has 0 unspecified atom stereocenters. The van der Waals surface area contributed by atoms with Crippen LogP contribution in [0.5, 0.6) is 0 Å². The Kier molecular flexibility index (Phi) is 4.28. The van der Waals surface area contributed by atoms with Gasteiger partial charge in [0.15, 0.2) is 0 Å². The largest absolute Gasteiger partial charge is 0.236 e. The minimum Gasteiger partial charge on any atom is -0.236 e. The minimum absolute atomic E-state index is 0.447. The summed E-state index contributed by atoms with van der Waals surface area (Å²) in [5, 5.41) is 0.447. The van der Waals surface area contributed by atoms with E-state index in [4.69, 9.17) is 11.6 Å². The molecule has 0 aliphatic carbocycles. The van der Waals surface area contributed by atoms with Crippen LogP contribution in [0, 0.1) is 0 Å². The maximum atomic E-state index is 5.98. The van der Waals surface area contributed by atoms with Gasteiger partial charge in [-0.15, -0.1) is 0 Å². The molecule has 25 heavy (non-hydrogen) atoms. The van der Waals surface area contributed by atoms with Gasteiger partial charge in [0.05, 0.1) is 5.69 Å². The predicted octanol–water partition coefficient (Wildman–Crippen LogP) is 6.13. The first-order valence-corrected chi connectivity index (χ1v) is 8.41. The average molecular weight is 343 g/mol. The maximum Gasteiger partial charge on any atom is 0.133 e. The molecule has 2 nitrogen and oxygen atoms in total. The van der Waals surface area contributed by atoms with Gasteiger partial charge in [0.25, 0.3) is 0 Å². The third-order valence-corrected chi connectivity index (χ3v) is 4.32. The van der Waals surface area contributed by atoms with E-state index in [0.29, 0.717) is 5.15 Å². The van der Waals surface area contributed by atoms with E-state index in [-0.39, 0.29) is 0 Å². The Bertz CT molecular complexity index is 996. The fraction of sp³-hybridized carbons (Fsp3) is 0. The van der Waals surface area contributed by atoms with Crippen LogP contribution >= 0.6 is 11.6 Å². The molecule has 4 aromatic rings. The van der Waals surface area contributed by atoms with Gasteiger partial charge < -0.3 is 0 Å². The smallest absolute Gasteiger partial charge is 0.133 e. The third kappa shape index (κ3) is 3.44. The molecule has 0 aliphatic heterocycles. The zero-order chi connectivity index (χ0) is 17.1. The Balaban J connectivity index is 1.67. The third-order valence-electron chi connectivity index (χ3n) is 4.12. The summed E-state index contributed by atoms with van der Waals surface area (Å²) in [6.45, 7) is 0.